The largest absolute Gasteiger partial charge is 0.489 e. The van der Waals surface area contributed by atoms with Gasteiger partial charge in [-0.2, -0.15) is 4.98 Å². The van der Waals surface area contributed by atoms with Gasteiger partial charge in [-0.25, -0.2) is 4.98 Å². The molecule has 1 aliphatic heterocycles. The summed E-state index contributed by atoms with van der Waals surface area (Å²) in [6.07, 6.45) is 4.14. The van der Waals surface area contributed by atoms with Gasteiger partial charge in [0.1, 0.15) is 24.3 Å². The number of rotatable bonds is 5. The maximum atomic E-state index is 11.6. The number of fused-ring (bicyclic) bond motifs is 1. The summed E-state index contributed by atoms with van der Waals surface area (Å²) in [5.41, 5.74) is 7.24. The highest BCUT2D eigenvalue weighted by atomic mass is 16.5. The number of aliphatic hydroxyl groups is 1. The second-order valence-corrected chi connectivity index (χ2v) is 6.77. The molecule has 1 atom stereocenters. The number of anilines is 4. The number of nitrogens with two attached hydrogens (primary N) is 1. The number of nitrogens with zero attached hydrogens (tertiary/aromatic N) is 2. The summed E-state index contributed by atoms with van der Waals surface area (Å²) in [6.45, 7) is 0.663. The molecule has 0 spiro atoms. The summed E-state index contributed by atoms with van der Waals surface area (Å²) in [7, 11) is 0. The maximum absolute atomic E-state index is 11.6. The highest BCUT2D eigenvalue weighted by molar-refractivity contribution is 5.97. The molecule has 27 heavy (non-hydrogen) atoms. The number of primary amides is 1. The van der Waals surface area contributed by atoms with Crippen LogP contribution in [0.25, 0.3) is 0 Å². The molecule has 1 saturated carbocycles. The van der Waals surface area contributed by atoms with E-state index < -0.39 is 12.0 Å². The summed E-state index contributed by atoms with van der Waals surface area (Å²) >= 11 is 0. The van der Waals surface area contributed by atoms with Crippen LogP contribution in [0.3, 0.4) is 0 Å². The Balaban J connectivity index is 1.55. The van der Waals surface area contributed by atoms with Crippen LogP contribution in [0.15, 0.2) is 24.4 Å². The Morgan fingerprint density at radius 1 is 1.37 bits per heavy atom. The second-order valence-electron chi connectivity index (χ2n) is 6.77. The zero-order valence-corrected chi connectivity index (χ0v) is 14.7. The molecule has 1 unspecified atom stereocenters. The van der Waals surface area contributed by atoms with Gasteiger partial charge in [0.25, 0.3) is 5.91 Å². The number of β-amino-alcohol motifs (C(OH)–C–C–N with tert-alkyl or cyclic N) is 1. The number of hydrogen-bond donors (Lipinski definition) is 5. The zero-order valence-electron chi connectivity index (χ0n) is 14.7. The predicted molar refractivity (Wildman–Crippen MR) is 102 cm³/mol. The Labute approximate surface area is 156 Å². The van der Waals surface area contributed by atoms with E-state index in [2.05, 4.69) is 25.9 Å². The number of ether oxygens (including phenoxy) is 1. The van der Waals surface area contributed by atoms with Gasteiger partial charge in [-0.3, -0.25) is 4.79 Å². The van der Waals surface area contributed by atoms with Crippen molar-refractivity contribution in [2.75, 3.05) is 29.1 Å². The minimum atomic E-state index is -0.562. The molecule has 1 fully saturated rings. The molecule has 2 aromatic rings. The van der Waals surface area contributed by atoms with Crippen LogP contribution in [0.5, 0.6) is 5.75 Å². The van der Waals surface area contributed by atoms with Gasteiger partial charge < -0.3 is 31.5 Å². The fourth-order valence-corrected chi connectivity index (χ4v) is 2.95. The van der Waals surface area contributed by atoms with E-state index in [4.69, 9.17) is 10.5 Å². The number of amides is 1. The quantitative estimate of drug-likeness (QED) is 0.534. The van der Waals surface area contributed by atoms with Crippen LogP contribution in [-0.4, -0.2) is 46.3 Å². The van der Waals surface area contributed by atoms with Crippen LogP contribution < -0.4 is 26.4 Å². The molecule has 142 valence electrons. The van der Waals surface area contributed by atoms with E-state index in [0.717, 1.165) is 24.2 Å². The number of hydrogen-bond acceptors (Lipinski definition) is 8. The average Bonchev–Trinajstić information content (AvgIpc) is 2.80. The number of benzene rings is 1. The Morgan fingerprint density at radius 2 is 2.22 bits per heavy atom. The number of aromatic nitrogens is 2. The van der Waals surface area contributed by atoms with Crippen LogP contribution in [0.2, 0.25) is 0 Å². The lowest BCUT2D eigenvalue weighted by Gasteiger charge is -2.27. The van der Waals surface area contributed by atoms with Gasteiger partial charge in [-0.15, -0.1) is 0 Å². The third-order valence-corrected chi connectivity index (χ3v) is 4.70. The molecule has 1 amide bonds. The van der Waals surface area contributed by atoms with E-state index in [-0.39, 0.29) is 12.2 Å². The van der Waals surface area contributed by atoms with Crippen LogP contribution in [0, 0.1) is 0 Å². The molecule has 2 aliphatic rings. The van der Waals surface area contributed by atoms with Crippen molar-refractivity contribution in [3.8, 4) is 5.75 Å². The lowest BCUT2D eigenvalue weighted by molar-refractivity contribution is 0.100. The average molecular weight is 370 g/mol. The van der Waals surface area contributed by atoms with Crippen molar-refractivity contribution in [2.45, 2.75) is 31.4 Å². The first-order valence-electron chi connectivity index (χ1n) is 8.97. The van der Waals surface area contributed by atoms with Crippen molar-refractivity contribution in [1.29, 1.82) is 0 Å². The van der Waals surface area contributed by atoms with Crippen LogP contribution in [0.1, 0.15) is 29.6 Å². The van der Waals surface area contributed by atoms with E-state index in [0.29, 0.717) is 30.1 Å². The molecule has 0 bridgehead atoms. The highest BCUT2D eigenvalue weighted by Crippen LogP contribution is 2.31. The molecular weight excluding hydrogens is 348 g/mol. The summed E-state index contributed by atoms with van der Waals surface area (Å²) < 4.78 is 5.56. The van der Waals surface area contributed by atoms with Gasteiger partial charge >= 0.3 is 0 Å². The SMILES string of the molecule is NC(=O)c1cnc(Nc2ccc3c(c2)NCC(O)CO3)nc1NC1CCC1. The number of carbonyl (C=O) groups excluding carboxylic acids is 1. The lowest BCUT2D eigenvalue weighted by Crippen LogP contribution is -2.29. The van der Waals surface area contributed by atoms with E-state index >= 15 is 0 Å². The van der Waals surface area contributed by atoms with Crippen molar-refractivity contribution >= 4 is 29.0 Å². The third-order valence-electron chi connectivity index (χ3n) is 4.70. The summed E-state index contributed by atoms with van der Waals surface area (Å²) in [5, 5.41) is 19.2. The van der Waals surface area contributed by atoms with Gasteiger partial charge in [-0.1, -0.05) is 0 Å². The van der Waals surface area contributed by atoms with Crippen molar-refractivity contribution in [2.24, 2.45) is 5.73 Å². The van der Waals surface area contributed by atoms with Gasteiger partial charge in [0.2, 0.25) is 5.95 Å². The van der Waals surface area contributed by atoms with Crippen molar-refractivity contribution in [3.63, 3.8) is 0 Å². The van der Waals surface area contributed by atoms with Gasteiger partial charge in [0.05, 0.1) is 11.3 Å². The monoisotopic (exact) mass is 370 g/mol. The Morgan fingerprint density at radius 3 is 2.96 bits per heavy atom. The second kappa shape index (κ2) is 7.28. The molecule has 9 heteroatoms. The molecule has 1 aromatic carbocycles. The first kappa shape index (κ1) is 17.3. The normalized spacial score (nSPS) is 18.9. The Kier molecular flexibility index (Phi) is 4.68. The molecule has 2 heterocycles. The molecule has 1 aromatic heterocycles. The maximum Gasteiger partial charge on any atom is 0.254 e. The Bertz CT molecular complexity index is 855. The molecular formula is C18H22N6O3. The van der Waals surface area contributed by atoms with Crippen molar-refractivity contribution in [1.82, 2.24) is 9.97 Å². The van der Waals surface area contributed by atoms with Crippen molar-refractivity contribution in [3.05, 3.63) is 30.0 Å². The minimum absolute atomic E-state index is 0.251. The minimum Gasteiger partial charge on any atom is -0.489 e. The van der Waals surface area contributed by atoms with Gasteiger partial charge in [-0.05, 0) is 37.5 Å². The van der Waals surface area contributed by atoms with Crippen LogP contribution in [0.4, 0.5) is 23.1 Å². The molecule has 4 rings (SSSR count). The first-order chi connectivity index (χ1) is 13.1. The molecule has 0 radical (unpaired) electrons. The fourth-order valence-electron chi connectivity index (χ4n) is 2.95. The zero-order chi connectivity index (χ0) is 18.8. The summed E-state index contributed by atoms with van der Waals surface area (Å²) in [4.78, 5) is 20.3. The molecule has 0 saturated heterocycles. The standard InChI is InChI=1S/C18H22N6O3/c19-16(26)13-8-21-18(24-17(13)22-10-2-1-3-10)23-11-4-5-15-14(6-11)20-7-12(25)9-27-15/h4-6,8,10,12,20,25H,1-3,7,9H2,(H2,19,26)(H2,21,22,23,24). The number of aliphatic hydroxyl groups excluding tert-OH is 1. The third kappa shape index (κ3) is 3.87. The summed E-state index contributed by atoms with van der Waals surface area (Å²) in [6, 6.07) is 5.82. The van der Waals surface area contributed by atoms with Gasteiger partial charge in [0, 0.05) is 24.5 Å². The van der Waals surface area contributed by atoms with E-state index in [9.17, 15) is 9.90 Å². The number of carbonyl (C=O) groups is 1. The number of nitrogens with one attached hydrogen (secondary N) is 3. The Hall–Kier alpha value is -3.07. The first-order valence-corrected chi connectivity index (χ1v) is 8.97. The van der Waals surface area contributed by atoms with E-state index in [1.807, 2.05) is 18.2 Å². The van der Waals surface area contributed by atoms with Gasteiger partial charge in [0.15, 0.2) is 0 Å². The molecule has 9 nitrogen and oxygen atoms in total. The van der Waals surface area contributed by atoms with E-state index in [1.165, 1.54) is 12.6 Å². The van der Waals surface area contributed by atoms with E-state index in [1.54, 1.807) is 0 Å². The smallest absolute Gasteiger partial charge is 0.254 e. The lowest BCUT2D eigenvalue weighted by atomic mass is 9.93. The van der Waals surface area contributed by atoms with Crippen LogP contribution in [-0.2, 0) is 0 Å². The molecule has 1 aliphatic carbocycles. The highest BCUT2D eigenvalue weighted by Gasteiger charge is 2.21. The predicted octanol–water partition coefficient (Wildman–Crippen LogP) is 1.45. The fraction of sp³-hybridized carbons (Fsp3) is 0.389. The topological polar surface area (TPSA) is 134 Å². The summed E-state index contributed by atoms with van der Waals surface area (Å²) in [5.74, 6) is 0.920. The van der Waals surface area contributed by atoms with Crippen LogP contribution >= 0.6 is 0 Å². The molecule has 6 N–H and O–H groups in total. The van der Waals surface area contributed by atoms with Crippen molar-refractivity contribution < 1.29 is 14.6 Å².